The Balaban J connectivity index is 1.91. The summed E-state index contributed by atoms with van der Waals surface area (Å²) < 4.78 is 5.44. The highest BCUT2D eigenvalue weighted by atomic mass is 35.5. The Hall–Kier alpha value is -1.56. The molecule has 21 heavy (non-hydrogen) atoms. The van der Waals surface area contributed by atoms with Crippen LogP contribution in [0.3, 0.4) is 0 Å². The van der Waals surface area contributed by atoms with Gasteiger partial charge in [-0.3, -0.25) is 0 Å². The van der Waals surface area contributed by atoms with Crippen LogP contribution in [-0.4, -0.2) is 45.7 Å². The first-order valence-electron chi connectivity index (χ1n) is 7.07. The van der Waals surface area contributed by atoms with Crippen molar-refractivity contribution in [2.45, 2.75) is 45.3 Å². The fourth-order valence-corrected chi connectivity index (χ4v) is 2.41. The minimum absolute atomic E-state index is 0.105. The van der Waals surface area contributed by atoms with E-state index in [1.165, 1.54) is 0 Å². The molecule has 1 aliphatic heterocycles. The number of aromatic nitrogens is 2. The highest BCUT2D eigenvalue weighted by Gasteiger charge is 2.31. The van der Waals surface area contributed by atoms with Gasteiger partial charge < -0.3 is 15.0 Å². The molecule has 0 aromatic carbocycles. The number of ether oxygens (including phenoxy) is 1. The summed E-state index contributed by atoms with van der Waals surface area (Å²) in [6.45, 7) is 6.96. The SMILES string of the molecule is CC(C)(C)OC(=O)N1CCC[C@H]1CNc1ccnc(Cl)n1. The zero-order valence-electron chi connectivity index (χ0n) is 12.6. The molecular weight excluding hydrogens is 292 g/mol. The Morgan fingerprint density at radius 3 is 3.00 bits per heavy atom. The third-order valence-electron chi connectivity index (χ3n) is 3.15. The standard InChI is InChI=1S/C14H21ClN4O2/c1-14(2,3)21-13(20)19-8-4-5-10(19)9-17-11-6-7-16-12(15)18-11/h6-7,10H,4-5,8-9H2,1-3H3,(H,16,17,18)/t10-/m0/s1. The topological polar surface area (TPSA) is 67.3 Å². The monoisotopic (exact) mass is 312 g/mol. The minimum Gasteiger partial charge on any atom is -0.444 e. The molecular formula is C14H21ClN4O2. The summed E-state index contributed by atoms with van der Waals surface area (Å²) in [6, 6.07) is 1.85. The average molecular weight is 313 g/mol. The Morgan fingerprint density at radius 1 is 1.57 bits per heavy atom. The number of halogens is 1. The number of rotatable bonds is 3. The fourth-order valence-electron chi connectivity index (χ4n) is 2.26. The Morgan fingerprint density at radius 2 is 2.33 bits per heavy atom. The summed E-state index contributed by atoms with van der Waals surface area (Å²) in [6.07, 6.45) is 3.27. The van der Waals surface area contributed by atoms with E-state index in [1.54, 1.807) is 17.2 Å². The zero-order valence-corrected chi connectivity index (χ0v) is 13.4. The highest BCUT2D eigenvalue weighted by molar-refractivity contribution is 6.28. The van der Waals surface area contributed by atoms with E-state index in [4.69, 9.17) is 16.3 Å². The Bertz CT molecular complexity index is 504. The predicted molar refractivity (Wildman–Crippen MR) is 81.5 cm³/mol. The van der Waals surface area contributed by atoms with Crippen LogP contribution in [0.5, 0.6) is 0 Å². The van der Waals surface area contributed by atoms with E-state index >= 15 is 0 Å². The first-order chi connectivity index (χ1) is 9.85. The third-order valence-corrected chi connectivity index (χ3v) is 3.33. The van der Waals surface area contributed by atoms with Crippen LogP contribution in [0.1, 0.15) is 33.6 Å². The maximum Gasteiger partial charge on any atom is 0.410 e. The summed E-state index contributed by atoms with van der Waals surface area (Å²) in [7, 11) is 0. The van der Waals surface area contributed by atoms with Gasteiger partial charge in [0, 0.05) is 19.3 Å². The summed E-state index contributed by atoms with van der Waals surface area (Å²) >= 11 is 5.75. The van der Waals surface area contributed by atoms with Crippen molar-refractivity contribution in [2.24, 2.45) is 0 Å². The molecule has 0 aliphatic carbocycles. The molecule has 1 atom stereocenters. The summed E-state index contributed by atoms with van der Waals surface area (Å²) in [5.41, 5.74) is -0.474. The Kier molecular flexibility index (Phi) is 4.88. The molecule has 2 heterocycles. The van der Waals surface area contributed by atoms with E-state index in [0.29, 0.717) is 12.4 Å². The molecule has 1 saturated heterocycles. The van der Waals surface area contributed by atoms with Crippen LogP contribution >= 0.6 is 11.6 Å². The zero-order chi connectivity index (χ0) is 15.5. The molecule has 0 bridgehead atoms. The summed E-state index contributed by atoms with van der Waals surface area (Å²) in [5, 5.41) is 3.39. The van der Waals surface area contributed by atoms with Gasteiger partial charge in [-0.1, -0.05) is 0 Å². The van der Waals surface area contributed by atoms with Gasteiger partial charge in [-0.2, -0.15) is 0 Å². The smallest absolute Gasteiger partial charge is 0.410 e. The first-order valence-corrected chi connectivity index (χ1v) is 7.45. The molecule has 116 valence electrons. The van der Waals surface area contributed by atoms with Gasteiger partial charge in [0.2, 0.25) is 5.28 Å². The molecule has 2 rings (SSSR count). The van der Waals surface area contributed by atoms with Crippen molar-refractivity contribution in [1.29, 1.82) is 0 Å². The number of amides is 1. The van der Waals surface area contributed by atoms with E-state index in [1.807, 2.05) is 20.8 Å². The van der Waals surface area contributed by atoms with Crippen molar-refractivity contribution in [3.05, 3.63) is 17.5 Å². The molecule has 1 aromatic heterocycles. The van der Waals surface area contributed by atoms with Gasteiger partial charge >= 0.3 is 6.09 Å². The largest absolute Gasteiger partial charge is 0.444 e. The maximum atomic E-state index is 12.2. The van der Waals surface area contributed by atoms with Gasteiger partial charge in [0.1, 0.15) is 11.4 Å². The van der Waals surface area contributed by atoms with Gasteiger partial charge in [0.15, 0.2) is 0 Å². The number of nitrogens with zero attached hydrogens (tertiary/aromatic N) is 3. The number of carbonyl (C=O) groups excluding carboxylic acids is 1. The molecule has 1 amide bonds. The summed E-state index contributed by atoms with van der Waals surface area (Å²) in [5.74, 6) is 0.658. The van der Waals surface area contributed by atoms with Crippen molar-refractivity contribution in [3.8, 4) is 0 Å². The van der Waals surface area contributed by atoms with E-state index in [-0.39, 0.29) is 17.4 Å². The van der Waals surface area contributed by atoms with E-state index in [0.717, 1.165) is 19.4 Å². The molecule has 0 radical (unpaired) electrons. The second kappa shape index (κ2) is 6.47. The molecule has 0 spiro atoms. The van der Waals surface area contributed by atoms with Crippen LogP contribution in [0, 0.1) is 0 Å². The lowest BCUT2D eigenvalue weighted by molar-refractivity contribution is 0.0235. The van der Waals surface area contributed by atoms with Gasteiger partial charge in [0.05, 0.1) is 6.04 Å². The number of nitrogens with one attached hydrogen (secondary N) is 1. The molecule has 0 unspecified atom stereocenters. The summed E-state index contributed by atoms with van der Waals surface area (Å²) in [4.78, 5) is 21.8. The maximum absolute atomic E-state index is 12.2. The lowest BCUT2D eigenvalue weighted by Crippen LogP contribution is -2.42. The number of hydrogen-bond acceptors (Lipinski definition) is 5. The van der Waals surface area contributed by atoms with Gasteiger partial charge in [-0.15, -0.1) is 0 Å². The molecule has 0 saturated carbocycles. The second-order valence-electron chi connectivity index (χ2n) is 6.06. The predicted octanol–water partition coefficient (Wildman–Crippen LogP) is 2.94. The molecule has 6 nitrogen and oxygen atoms in total. The van der Waals surface area contributed by atoms with E-state index in [2.05, 4.69) is 15.3 Å². The van der Waals surface area contributed by atoms with Gasteiger partial charge in [-0.05, 0) is 51.3 Å². The molecule has 1 fully saturated rings. The third kappa shape index (κ3) is 4.74. The number of carbonyl (C=O) groups is 1. The number of likely N-dealkylation sites (tertiary alicyclic amines) is 1. The fraction of sp³-hybridized carbons (Fsp3) is 0.643. The molecule has 7 heteroatoms. The van der Waals surface area contributed by atoms with Crippen molar-refractivity contribution in [1.82, 2.24) is 14.9 Å². The van der Waals surface area contributed by atoms with Crippen LogP contribution in [0.15, 0.2) is 12.3 Å². The van der Waals surface area contributed by atoms with Gasteiger partial charge in [0.25, 0.3) is 0 Å². The first kappa shape index (κ1) is 15.8. The van der Waals surface area contributed by atoms with Crippen molar-refractivity contribution in [3.63, 3.8) is 0 Å². The quantitative estimate of drug-likeness (QED) is 0.869. The van der Waals surface area contributed by atoms with Crippen LogP contribution in [0.2, 0.25) is 5.28 Å². The van der Waals surface area contributed by atoms with Gasteiger partial charge in [-0.25, -0.2) is 14.8 Å². The van der Waals surface area contributed by atoms with Crippen LogP contribution in [0.25, 0.3) is 0 Å². The average Bonchev–Trinajstić information content (AvgIpc) is 2.83. The number of hydrogen-bond donors (Lipinski definition) is 1. The second-order valence-corrected chi connectivity index (χ2v) is 6.40. The van der Waals surface area contributed by atoms with Crippen molar-refractivity contribution >= 4 is 23.5 Å². The lowest BCUT2D eigenvalue weighted by Gasteiger charge is -2.28. The number of anilines is 1. The molecule has 1 aliphatic rings. The van der Waals surface area contributed by atoms with E-state index < -0.39 is 5.60 Å². The minimum atomic E-state index is -0.474. The Labute approximate surface area is 129 Å². The molecule has 1 aromatic rings. The van der Waals surface area contributed by atoms with Crippen molar-refractivity contribution in [2.75, 3.05) is 18.4 Å². The van der Waals surface area contributed by atoms with Crippen LogP contribution in [-0.2, 0) is 4.74 Å². The van der Waals surface area contributed by atoms with Crippen molar-refractivity contribution < 1.29 is 9.53 Å². The van der Waals surface area contributed by atoms with Crippen LogP contribution in [0.4, 0.5) is 10.6 Å². The molecule has 1 N–H and O–H groups in total. The normalized spacial score (nSPS) is 18.7. The highest BCUT2D eigenvalue weighted by Crippen LogP contribution is 2.21. The van der Waals surface area contributed by atoms with Crippen LogP contribution < -0.4 is 5.32 Å². The lowest BCUT2D eigenvalue weighted by atomic mass is 10.2. The van der Waals surface area contributed by atoms with E-state index in [9.17, 15) is 4.79 Å².